The van der Waals surface area contributed by atoms with Gasteiger partial charge < -0.3 is 23.7 Å². The first-order valence-corrected chi connectivity index (χ1v) is 12.4. The number of fused-ring (bicyclic) bond motifs is 3. The van der Waals surface area contributed by atoms with Crippen LogP contribution in [0.4, 0.5) is 0 Å². The molecule has 4 fully saturated rings. The number of ketones is 1. The number of Topliss-reactive ketones (excluding diaryl/α,β-unsaturated/α-hetero) is 1. The van der Waals surface area contributed by atoms with Crippen LogP contribution in [0, 0.1) is 34.0 Å². The lowest BCUT2D eigenvalue weighted by Crippen LogP contribution is -2.69. The van der Waals surface area contributed by atoms with Gasteiger partial charge in [-0.1, -0.05) is 27.7 Å². The van der Waals surface area contributed by atoms with E-state index in [1.165, 1.54) is 13.2 Å². The van der Waals surface area contributed by atoms with E-state index in [0.29, 0.717) is 19.3 Å². The van der Waals surface area contributed by atoms with Crippen LogP contribution in [0.2, 0.25) is 0 Å². The first-order chi connectivity index (χ1) is 16.4. The Bertz CT molecular complexity index is 1170. The molecule has 1 saturated heterocycles. The molecule has 8 atom stereocenters. The van der Waals surface area contributed by atoms with Gasteiger partial charge in [0.05, 0.1) is 31.2 Å². The number of ether oxygens (including phenoxy) is 3. The third kappa shape index (κ3) is 2.43. The van der Waals surface area contributed by atoms with E-state index in [2.05, 4.69) is 6.92 Å². The molecule has 3 saturated carbocycles. The van der Waals surface area contributed by atoms with Crippen molar-refractivity contribution in [2.45, 2.75) is 70.9 Å². The van der Waals surface area contributed by atoms with Crippen LogP contribution < -0.4 is 0 Å². The van der Waals surface area contributed by atoms with Crippen molar-refractivity contribution in [3.8, 4) is 0 Å². The Morgan fingerprint density at radius 1 is 1.23 bits per heavy atom. The van der Waals surface area contributed by atoms with Crippen LogP contribution in [-0.2, 0) is 28.6 Å². The van der Waals surface area contributed by atoms with Crippen molar-refractivity contribution in [3.63, 3.8) is 0 Å². The first kappa shape index (κ1) is 23.0. The smallest absolute Gasteiger partial charge is 0.331 e. The summed E-state index contributed by atoms with van der Waals surface area (Å²) >= 11 is 0. The van der Waals surface area contributed by atoms with Crippen molar-refractivity contribution >= 4 is 17.7 Å². The van der Waals surface area contributed by atoms with Crippen molar-refractivity contribution in [1.29, 1.82) is 0 Å². The van der Waals surface area contributed by atoms with Crippen molar-refractivity contribution in [1.82, 2.24) is 0 Å². The van der Waals surface area contributed by atoms with E-state index in [9.17, 15) is 19.5 Å². The minimum Gasteiger partial charge on any atom is -0.472 e. The average molecular weight is 485 g/mol. The molecule has 8 nitrogen and oxygen atoms in total. The molecule has 6 rings (SSSR count). The Morgan fingerprint density at radius 3 is 2.63 bits per heavy atom. The van der Waals surface area contributed by atoms with Gasteiger partial charge in [0.1, 0.15) is 11.9 Å². The van der Waals surface area contributed by atoms with Gasteiger partial charge in [0.2, 0.25) is 0 Å². The summed E-state index contributed by atoms with van der Waals surface area (Å²) in [6.45, 7) is 7.76. The molecule has 3 heterocycles. The fourth-order valence-electron chi connectivity index (χ4n) is 8.82. The SMILES string of the molecule is COC(=O)C[C@@H]1C2(C)C(=O)C3CC4(OC3(O)C1(C)C)C1=CC(=O)O[C@@H](c3ccoc3)[C@]1(C)CCC42. The quantitative estimate of drug-likeness (QED) is 0.649. The third-order valence-corrected chi connectivity index (χ3v) is 10.5. The second-order valence-corrected chi connectivity index (χ2v) is 12.1. The fourth-order valence-corrected chi connectivity index (χ4v) is 8.82. The van der Waals surface area contributed by atoms with Crippen LogP contribution in [0.15, 0.2) is 34.7 Å². The molecule has 2 aliphatic heterocycles. The number of cyclic esters (lactones) is 1. The van der Waals surface area contributed by atoms with Gasteiger partial charge in [0.25, 0.3) is 0 Å². The van der Waals surface area contributed by atoms with Gasteiger partial charge in [0.15, 0.2) is 5.79 Å². The second kappa shape index (κ2) is 6.65. The van der Waals surface area contributed by atoms with Gasteiger partial charge in [0, 0.05) is 40.2 Å². The molecule has 1 spiro atoms. The highest BCUT2D eigenvalue weighted by Gasteiger charge is 2.83. The number of esters is 2. The average Bonchev–Trinajstić information content (AvgIpc) is 3.42. The number of hydrogen-bond acceptors (Lipinski definition) is 8. The van der Waals surface area contributed by atoms with E-state index in [-0.39, 0.29) is 18.1 Å². The highest BCUT2D eigenvalue weighted by Crippen LogP contribution is 2.77. The van der Waals surface area contributed by atoms with Crippen molar-refractivity contribution in [2.24, 2.45) is 34.0 Å². The number of methoxy groups -OCH3 is 1. The van der Waals surface area contributed by atoms with E-state index >= 15 is 0 Å². The predicted octanol–water partition coefficient (Wildman–Crippen LogP) is 3.49. The molecule has 1 aromatic heterocycles. The van der Waals surface area contributed by atoms with Crippen LogP contribution >= 0.6 is 0 Å². The summed E-state index contributed by atoms with van der Waals surface area (Å²) in [6, 6.07) is 1.80. The molecule has 188 valence electrons. The minimum absolute atomic E-state index is 0.00666. The van der Waals surface area contributed by atoms with Gasteiger partial charge in [-0.25, -0.2) is 4.79 Å². The normalized spacial score (nSPS) is 47.0. The van der Waals surface area contributed by atoms with Crippen molar-refractivity contribution in [2.75, 3.05) is 7.11 Å². The predicted molar refractivity (Wildman–Crippen MR) is 120 cm³/mol. The molecule has 1 N–H and O–H groups in total. The molecule has 5 aliphatic rings. The number of carbonyl (C=O) groups is 3. The summed E-state index contributed by atoms with van der Waals surface area (Å²) in [6.07, 6.45) is 5.69. The Kier molecular flexibility index (Phi) is 4.37. The molecule has 0 aromatic carbocycles. The number of rotatable bonds is 3. The maximum atomic E-state index is 14.0. The summed E-state index contributed by atoms with van der Waals surface area (Å²) in [7, 11) is 1.33. The van der Waals surface area contributed by atoms with Gasteiger partial charge in [-0.05, 0) is 36.8 Å². The number of aliphatic hydroxyl groups is 1. The van der Waals surface area contributed by atoms with Gasteiger partial charge >= 0.3 is 11.9 Å². The molecular weight excluding hydrogens is 452 g/mol. The van der Waals surface area contributed by atoms with Gasteiger partial charge in [-0.2, -0.15) is 0 Å². The van der Waals surface area contributed by atoms with Crippen molar-refractivity contribution in [3.05, 3.63) is 35.8 Å². The molecule has 3 bridgehead atoms. The Labute approximate surface area is 204 Å². The number of hydrogen-bond donors (Lipinski definition) is 1. The van der Waals surface area contributed by atoms with Crippen LogP contribution in [0.5, 0.6) is 0 Å². The topological polar surface area (TPSA) is 112 Å². The highest BCUT2D eigenvalue weighted by atomic mass is 16.7. The summed E-state index contributed by atoms with van der Waals surface area (Å²) < 4.78 is 22.9. The van der Waals surface area contributed by atoms with Crippen LogP contribution in [0.25, 0.3) is 0 Å². The zero-order valence-corrected chi connectivity index (χ0v) is 20.8. The first-order valence-electron chi connectivity index (χ1n) is 12.4. The molecule has 3 aliphatic carbocycles. The number of carbonyl (C=O) groups excluding carboxylic acids is 3. The van der Waals surface area contributed by atoms with Crippen molar-refractivity contribution < 1.29 is 38.1 Å². The lowest BCUT2D eigenvalue weighted by molar-refractivity contribution is -0.297. The second-order valence-electron chi connectivity index (χ2n) is 12.1. The minimum atomic E-state index is -1.78. The van der Waals surface area contributed by atoms with E-state index in [1.54, 1.807) is 18.6 Å². The maximum absolute atomic E-state index is 14.0. The van der Waals surface area contributed by atoms with E-state index in [4.69, 9.17) is 18.6 Å². The highest BCUT2D eigenvalue weighted by molar-refractivity contribution is 5.93. The van der Waals surface area contributed by atoms with Gasteiger partial charge in [-0.15, -0.1) is 0 Å². The molecule has 1 aromatic rings. The molecule has 8 heteroatoms. The lowest BCUT2D eigenvalue weighted by Gasteiger charge is -2.62. The molecule has 35 heavy (non-hydrogen) atoms. The van der Waals surface area contributed by atoms with Crippen LogP contribution in [-0.4, -0.2) is 41.3 Å². The Morgan fingerprint density at radius 2 is 1.97 bits per heavy atom. The molecule has 0 radical (unpaired) electrons. The van der Waals surface area contributed by atoms with E-state index in [0.717, 1.165) is 11.1 Å². The standard InChI is InChI=1S/C27H32O8/c1-23(2)17(10-19(28)32-5)25(4)16-6-8-24(3)18(11-20(29)34-22(24)14-7-9-33-13-14)26(16)12-15(21(25)30)27(23,31)35-26/h7,9,11,13,15-17,22,31H,6,8,10,12H2,1-5H3/t15?,16?,17-,22-,24+,25?,26?,27?/m0/s1. The van der Waals surface area contributed by atoms with Gasteiger partial charge in [-0.3, -0.25) is 9.59 Å². The molecule has 5 unspecified atom stereocenters. The van der Waals surface area contributed by atoms with Crippen LogP contribution in [0.3, 0.4) is 0 Å². The zero-order chi connectivity index (χ0) is 25.2. The Balaban J connectivity index is 1.56. The molecular formula is C27H32O8. The van der Waals surface area contributed by atoms with Crippen LogP contribution in [0.1, 0.15) is 65.0 Å². The Hall–Kier alpha value is -2.45. The summed E-state index contributed by atoms with van der Waals surface area (Å²) in [5.74, 6) is -4.27. The maximum Gasteiger partial charge on any atom is 0.331 e. The largest absolute Gasteiger partial charge is 0.472 e. The number of furan rings is 1. The molecule has 0 amide bonds. The summed E-state index contributed by atoms with van der Waals surface area (Å²) in [5.41, 5.74) is -1.92. The fraction of sp³-hybridized carbons (Fsp3) is 0.667. The summed E-state index contributed by atoms with van der Waals surface area (Å²) in [5, 5.41) is 12.1. The van der Waals surface area contributed by atoms with E-state index in [1.807, 2.05) is 20.8 Å². The third-order valence-electron chi connectivity index (χ3n) is 10.5. The lowest BCUT2D eigenvalue weighted by atomic mass is 9.38. The zero-order valence-electron chi connectivity index (χ0n) is 20.8. The monoisotopic (exact) mass is 484 g/mol. The summed E-state index contributed by atoms with van der Waals surface area (Å²) in [4.78, 5) is 39.5. The van der Waals surface area contributed by atoms with E-state index < -0.39 is 57.5 Å².